The molecule has 0 saturated carbocycles. The number of aryl methyl sites for hydroxylation is 2. The predicted molar refractivity (Wildman–Crippen MR) is 105 cm³/mol. The fourth-order valence-corrected chi connectivity index (χ4v) is 3.17. The van der Waals surface area contributed by atoms with Gasteiger partial charge in [-0.1, -0.05) is 11.6 Å². The van der Waals surface area contributed by atoms with Crippen LogP contribution in [0.2, 0.25) is 5.02 Å². The van der Waals surface area contributed by atoms with Crippen LogP contribution in [0.4, 0.5) is 0 Å². The number of hydrogen-bond acceptors (Lipinski definition) is 4. The van der Waals surface area contributed by atoms with Crippen molar-refractivity contribution in [3.05, 3.63) is 41.0 Å². The summed E-state index contributed by atoms with van der Waals surface area (Å²) in [6, 6.07) is 7.34. The van der Waals surface area contributed by atoms with E-state index in [2.05, 4.69) is 33.8 Å². The van der Waals surface area contributed by atoms with Gasteiger partial charge in [0.15, 0.2) is 5.65 Å². The first-order chi connectivity index (χ1) is 11.5. The fraction of sp³-hybridized carbons (Fsp3) is 0.333. The van der Waals surface area contributed by atoms with E-state index in [9.17, 15) is 5.11 Å². The van der Waals surface area contributed by atoms with Crippen molar-refractivity contribution in [2.75, 3.05) is 20.6 Å². The lowest BCUT2D eigenvalue weighted by molar-refractivity contribution is 0.387. The Kier molecular flexibility index (Phi) is 6.27. The van der Waals surface area contributed by atoms with Crippen LogP contribution in [0.25, 0.3) is 22.3 Å². The Labute approximate surface area is 158 Å². The summed E-state index contributed by atoms with van der Waals surface area (Å²) in [6.45, 7) is 3.84. The molecule has 0 aliphatic carbocycles. The molecule has 0 radical (unpaired) electrons. The van der Waals surface area contributed by atoms with Crippen LogP contribution in [0.1, 0.15) is 12.0 Å². The second-order valence-corrected chi connectivity index (χ2v) is 6.73. The molecule has 0 atom stereocenters. The lowest BCUT2D eigenvalue weighted by atomic mass is 10.0. The number of fused-ring (bicyclic) bond motifs is 1. The molecule has 7 heteroatoms. The molecule has 0 spiro atoms. The molecule has 5 nitrogen and oxygen atoms in total. The third kappa shape index (κ3) is 4.24. The minimum absolute atomic E-state index is 0. The van der Waals surface area contributed by atoms with Crippen LogP contribution < -0.4 is 0 Å². The number of benzene rings is 1. The number of phenols is 1. The van der Waals surface area contributed by atoms with Crippen LogP contribution in [0.3, 0.4) is 0 Å². The number of halogens is 2. The standard InChI is InChI=1S/C18H21ClN4O.ClH/c1-12-9-14(19)11-16(24)17(12)15-10-13-5-8-23(18(13)21-20-15)7-4-6-22(2)3;/h5,8-11,24H,4,6-7H2,1-3H3;1H. The zero-order valence-electron chi connectivity index (χ0n) is 14.5. The zero-order valence-corrected chi connectivity index (χ0v) is 16.1. The van der Waals surface area contributed by atoms with Crippen LogP contribution in [0.5, 0.6) is 5.75 Å². The first-order valence-electron chi connectivity index (χ1n) is 7.92. The Hall–Kier alpha value is -1.82. The third-order valence-corrected chi connectivity index (χ3v) is 4.27. The van der Waals surface area contributed by atoms with E-state index in [1.807, 2.05) is 31.3 Å². The Morgan fingerprint density at radius 1 is 1.20 bits per heavy atom. The predicted octanol–water partition coefficient (Wildman–Crippen LogP) is 4.14. The molecule has 0 amide bonds. The van der Waals surface area contributed by atoms with Crippen molar-refractivity contribution < 1.29 is 5.11 Å². The minimum Gasteiger partial charge on any atom is -0.507 e. The quantitative estimate of drug-likeness (QED) is 0.722. The number of phenolic OH excluding ortho intramolecular Hbond substituents is 1. The molecule has 1 N–H and O–H groups in total. The summed E-state index contributed by atoms with van der Waals surface area (Å²) >= 11 is 5.98. The Morgan fingerprint density at radius 3 is 2.64 bits per heavy atom. The molecule has 134 valence electrons. The molecule has 0 aliphatic rings. The van der Waals surface area contributed by atoms with E-state index in [-0.39, 0.29) is 18.2 Å². The summed E-state index contributed by atoms with van der Waals surface area (Å²) in [5.74, 6) is 0.124. The van der Waals surface area contributed by atoms with E-state index in [0.29, 0.717) is 16.3 Å². The van der Waals surface area contributed by atoms with Crippen molar-refractivity contribution in [3.63, 3.8) is 0 Å². The van der Waals surface area contributed by atoms with Gasteiger partial charge in [-0.15, -0.1) is 22.6 Å². The van der Waals surface area contributed by atoms with Gasteiger partial charge in [-0.3, -0.25) is 0 Å². The summed E-state index contributed by atoms with van der Waals surface area (Å²) in [7, 11) is 4.14. The molecule has 0 fully saturated rings. The smallest absolute Gasteiger partial charge is 0.162 e. The third-order valence-electron chi connectivity index (χ3n) is 4.05. The summed E-state index contributed by atoms with van der Waals surface area (Å²) in [4.78, 5) is 2.17. The molecule has 0 unspecified atom stereocenters. The maximum atomic E-state index is 10.2. The Balaban J connectivity index is 0.00000225. The van der Waals surface area contributed by atoms with Gasteiger partial charge < -0.3 is 14.6 Å². The first-order valence-corrected chi connectivity index (χ1v) is 8.30. The lowest BCUT2D eigenvalue weighted by Gasteiger charge is -2.10. The molecule has 25 heavy (non-hydrogen) atoms. The molecule has 3 rings (SSSR count). The first kappa shape index (κ1) is 19.5. The average molecular weight is 381 g/mol. The summed E-state index contributed by atoms with van der Waals surface area (Å²) in [5, 5.41) is 20.4. The highest BCUT2D eigenvalue weighted by Gasteiger charge is 2.13. The molecular weight excluding hydrogens is 359 g/mol. The molecule has 3 aromatic rings. The summed E-state index contributed by atoms with van der Waals surface area (Å²) in [6.07, 6.45) is 3.09. The van der Waals surface area contributed by atoms with Gasteiger partial charge in [0.05, 0.1) is 5.69 Å². The van der Waals surface area contributed by atoms with Gasteiger partial charge in [-0.25, -0.2) is 0 Å². The van der Waals surface area contributed by atoms with Crippen LogP contribution in [-0.2, 0) is 6.54 Å². The van der Waals surface area contributed by atoms with Gasteiger partial charge in [-0.05, 0) is 63.8 Å². The van der Waals surface area contributed by atoms with E-state index in [1.165, 1.54) is 6.07 Å². The van der Waals surface area contributed by atoms with Crippen molar-refractivity contribution in [1.29, 1.82) is 0 Å². The van der Waals surface area contributed by atoms with Crippen molar-refractivity contribution in [1.82, 2.24) is 19.7 Å². The fourth-order valence-electron chi connectivity index (χ4n) is 2.91. The lowest BCUT2D eigenvalue weighted by Crippen LogP contribution is -2.15. The largest absolute Gasteiger partial charge is 0.507 e. The Bertz CT molecular complexity index is 854. The van der Waals surface area contributed by atoms with Crippen LogP contribution >= 0.6 is 24.0 Å². The molecular formula is C18H22Cl2N4O. The maximum absolute atomic E-state index is 10.2. The van der Waals surface area contributed by atoms with Gasteiger partial charge in [0.2, 0.25) is 0 Å². The van der Waals surface area contributed by atoms with E-state index < -0.39 is 0 Å². The minimum atomic E-state index is 0. The summed E-state index contributed by atoms with van der Waals surface area (Å²) in [5.41, 5.74) is 3.07. The van der Waals surface area contributed by atoms with Crippen molar-refractivity contribution >= 4 is 35.0 Å². The average Bonchev–Trinajstić information content (AvgIpc) is 2.88. The zero-order chi connectivity index (χ0) is 17.3. The summed E-state index contributed by atoms with van der Waals surface area (Å²) < 4.78 is 2.12. The number of nitrogens with zero attached hydrogens (tertiary/aromatic N) is 4. The number of rotatable bonds is 5. The Morgan fingerprint density at radius 2 is 1.96 bits per heavy atom. The van der Waals surface area contributed by atoms with E-state index >= 15 is 0 Å². The topological polar surface area (TPSA) is 54.2 Å². The SMILES string of the molecule is Cc1cc(Cl)cc(O)c1-c1cc2ccn(CCCN(C)C)c2nn1.Cl. The highest BCUT2D eigenvalue weighted by Crippen LogP contribution is 2.34. The van der Waals surface area contributed by atoms with Gasteiger partial charge in [0.25, 0.3) is 0 Å². The second-order valence-electron chi connectivity index (χ2n) is 6.29. The second kappa shape index (κ2) is 8.04. The van der Waals surface area contributed by atoms with Gasteiger partial charge >= 0.3 is 0 Å². The molecule has 2 aromatic heterocycles. The number of aromatic nitrogens is 3. The number of hydrogen-bond donors (Lipinski definition) is 1. The van der Waals surface area contributed by atoms with Gasteiger partial charge in [-0.2, -0.15) is 0 Å². The normalized spacial score (nSPS) is 11.1. The van der Waals surface area contributed by atoms with E-state index in [0.717, 1.165) is 36.1 Å². The number of aromatic hydroxyl groups is 1. The molecule has 0 bridgehead atoms. The van der Waals surface area contributed by atoms with E-state index in [1.54, 1.807) is 0 Å². The van der Waals surface area contributed by atoms with Crippen LogP contribution in [0.15, 0.2) is 30.5 Å². The molecule has 0 saturated heterocycles. The molecule has 1 aromatic carbocycles. The highest BCUT2D eigenvalue weighted by molar-refractivity contribution is 6.31. The van der Waals surface area contributed by atoms with Gasteiger partial charge in [0, 0.05) is 28.7 Å². The highest BCUT2D eigenvalue weighted by atomic mass is 35.5. The van der Waals surface area contributed by atoms with Crippen molar-refractivity contribution in [3.8, 4) is 17.0 Å². The van der Waals surface area contributed by atoms with Crippen molar-refractivity contribution in [2.24, 2.45) is 0 Å². The maximum Gasteiger partial charge on any atom is 0.162 e. The van der Waals surface area contributed by atoms with Crippen LogP contribution in [-0.4, -0.2) is 45.4 Å². The molecule has 2 heterocycles. The van der Waals surface area contributed by atoms with Crippen molar-refractivity contribution in [2.45, 2.75) is 19.9 Å². The molecule has 0 aliphatic heterocycles. The van der Waals surface area contributed by atoms with Crippen LogP contribution in [0, 0.1) is 6.92 Å². The van der Waals surface area contributed by atoms with E-state index in [4.69, 9.17) is 11.6 Å². The monoisotopic (exact) mass is 380 g/mol. The van der Waals surface area contributed by atoms with Gasteiger partial charge in [0.1, 0.15) is 5.75 Å².